The minimum Gasteiger partial charge on any atom is -0.483 e. The van der Waals surface area contributed by atoms with Gasteiger partial charge in [-0.2, -0.15) is 0 Å². The third-order valence-electron chi connectivity index (χ3n) is 3.32. The fraction of sp³-hybridized carbons (Fsp3) is 0.278. The summed E-state index contributed by atoms with van der Waals surface area (Å²) in [5.74, 6) is 0.895. The van der Waals surface area contributed by atoms with Crippen molar-refractivity contribution in [2.45, 2.75) is 26.7 Å². The zero-order valence-electron chi connectivity index (χ0n) is 13.2. The third-order valence-corrected chi connectivity index (χ3v) is 3.32. The van der Waals surface area contributed by atoms with Crippen LogP contribution >= 0.6 is 0 Å². The molecule has 0 bridgehead atoms. The van der Waals surface area contributed by atoms with Gasteiger partial charge in [-0.15, -0.1) is 0 Å². The standard InChI is InChI=1S/C18H22N2O2/c1-12(2)16-8-7-13(3)9-17(16)22-11-18(21)20-15-6-4-5-14(19)10-15/h4-10,12H,11,19H2,1-3H3,(H,20,21). The third kappa shape index (κ3) is 4.25. The largest absolute Gasteiger partial charge is 0.483 e. The highest BCUT2D eigenvalue weighted by Crippen LogP contribution is 2.27. The first-order valence-electron chi connectivity index (χ1n) is 7.34. The zero-order chi connectivity index (χ0) is 16.1. The zero-order valence-corrected chi connectivity index (χ0v) is 13.2. The number of hydrogen-bond donors (Lipinski definition) is 2. The smallest absolute Gasteiger partial charge is 0.262 e. The summed E-state index contributed by atoms with van der Waals surface area (Å²) in [4.78, 5) is 12.0. The average molecular weight is 298 g/mol. The fourth-order valence-electron chi connectivity index (χ4n) is 2.20. The number of amides is 1. The van der Waals surface area contributed by atoms with Crippen molar-refractivity contribution in [1.82, 2.24) is 0 Å². The quantitative estimate of drug-likeness (QED) is 0.827. The molecule has 0 aliphatic heterocycles. The van der Waals surface area contributed by atoms with E-state index in [2.05, 4.69) is 25.2 Å². The van der Waals surface area contributed by atoms with Crippen molar-refractivity contribution < 1.29 is 9.53 Å². The van der Waals surface area contributed by atoms with Crippen LogP contribution < -0.4 is 15.8 Å². The first-order valence-corrected chi connectivity index (χ1v) is 7.34. The summed E-state index contributed by atoms with van der Waals surface area (Å²) >= 11 is 0. The van der Waals surface area contributed by atoms with Gasteiger partial charge in [0, 0.05) is 11.4 Å². The van der Waals surface area contributed by atoms with Crippen LogP contribution in [0.5, 0.6) is 5.75 Å². The topological polar surface area (TPSA) is 64.3 Å². The normalized spacial score (nSPS) is 10.5. The van der Waals surface area contributed by atoms with Crippen LogP contribution in [0.25, 0.3) is 0 Å². The molecule has 3 N–H and O–H groups in total. The molecule has 116 valence electrons. The highest BCUT2D eigenvalue weighted by Gasteiger charge is 2.10. The molecule has 2 rings (SSSR count). The molecule has 0 radical (unpaired) electrons. The fourth-order valence-corrected chi connectivity index (χ4v) is 2.20. The van der Waals surface area contributed by atoms with Crippen molar-refractivity contribution in [2.24, 2.45) is 0 Å². The van der Waals surface area contributed by atoms with Crippen molar-refractivity contribution in [3.05, 3.63) is 53.6 Å². The van der Waals surface area contributed by atoms with Crippen LogP contribution in [0.4, 0.5) is 11.4 Å². The van der Waals surface area contributed by atoms with E-state index >= 15 is 0 Å². The van der Waals surface area contributed by atoms with E-state index in [0.29, 0.717) is 17.3 Å². The van der Waals surface area contributed by atoms with Crippen LogP contribution in [-0.4, -0.2) is 12.5 Å². The van der Waals surface area contributed by atoms with E-state index in [-0.39, 0.29) is 12.5 Å². The van der Waals surface area contributed by atoms with Gasteiger partial charge in [0.15, 0.2) is 6.61 Å². The maximum Gasteiger partial charge on any atom is 0.262 e. The van der Waals surface area contributed by atoms with Gasteiger partial charge in [0.05, 0.1) is 0 Å². The Morgan fingerprint density at radius 3 is 2.68 bits per heavy atom. The number of aryl methyl sites for hydroxylation is 1. The number of anilines is 2. The lowest BCUT2D eigenvalue weighted by molar-refractivity contribution is -0.118. The predicted molar refractivity (Wildman–Crippen MR) is 90.2 cm³/mol. The number of hydrogen-bond acceptors (Lipinski definition) is 3. The highest BCUT2D eigenvalue weighted by atomic mass is 16.5. The predicted octanol–water partition coefficient (Wildman–Crippen LogP) is 3.72. The van der Waals surface area contributed by atoms with Crippen molar-refractivity contribution in [3.8, 4) is 5.75 Å². The van der Waals surface area contributed by atoms with Crippen molar-refractivity contribution >= 4 is 17.3 Å². The van der Waals surface area contributed by atoms with Gasteiger partial charge in [-0.1, -0.05) is 32.0 Å². The number of ether oxygens (including phenoxy) is 1. The molecule has 2 aromatic rings. The molecule has 22 heavy (non-hydrogen) atoms. The molecule has 0 unspecified atom stereocenters. The van der Waals surface area contributed by atoms with Crippen molar-refractivity contribution in [2.75, 3.05) is 17.7 Å². The van der Waals surface area contributed by atoms with Gasteiger partial charge in [-0.05, 0) is 48.2 Å². The highest BCUT2D eigenvalue weighted by molar-refractivity contribution is 5.92. The molecule has 0 heterocycles. The first-order chi connectivity index (χ1) is 10.5. The molecule has 1 amide bonds. The molecule has 0 saturated carbocycles. The van der Waals surface area contributed by atoms with Crippen LogP contribution in [0, 0.1) is 6.92 Å². The Balaban J connectivity index is 2.01. The van der Waals surface area contributed by atoms with Crippen molar-refractivity contribution in [1.29, 1.82) is 0 Å². The summed E-state index contributed by atoms with van der Waals surface area (Å²) in [6, 6.07) is 13.1. The van der Waals surface area contributed by atoms with Crippen molar-refractivity contribution in [3.63, 3.8) is 0 Å². The minimum atomic E-state index is -0.207. The van der Waals surface area contributed by atoms with Gasteiger partial charge >= 0.3 is 0 Å². The maximum atomic E-state index is 12.0. The van der Waals surface area contributed by atoms with Crippen LogP contribution in [0.2, 0.25) is 0 Å². The van der Waals surface area contributed by atoms with Crippen LogP contribution in [-0.2, 0) is 4.79 Å². The van der Waals surface area contributed by atoms with E-state index in [0.717, 1.165) is 16.9 Å². The minimum absolute atomic E-state index is 0.0298. The molecule has 0 aliphatic rings. The van der Waals surface area contributed by atoms with Crippen LogP contribution in [0.15, 0.2) is 42.5 Å². The summed E-state index contributed by atoms with van der Waals surface area (Å²) in [7, 11) is 0. The van der Waals surface area contributed by atoms with Gasteiger partial charge < -0.3 is 15.8 Å². The summed E-state index contributed by atoms with van der Waals surface area (Å²) in [6.07, 6.45) is 0. The molecule has 0 aromatic heterocycles. The Morgan fingerprint density at radius 2 is 2.00 bits per heavy atom. The van der Waals surface area contributed by atoms with Gasteiger partial charge in [0.1, 0.15) is 5.75 Å². The van der Waals surface area contributed by atoms with E-state index in [4.69, 9.17) is 10.5 Å². The molecule has 0 spiro atoms. The SMILES string of the molecule is Cc1ccc(C(C)C)c(OCC(=O)Nc2cccc(N)c2)c1. The Labute approximate surface area is 131 Å². The lowest BCUT2D eigenvalue weighted by Gasteiger charge is -2.15. The monoisotopic (exact) mass is 298 g/mol. The van der Waals surface area contributed by atoms with Gasteiger partial charge in [0.25, 0.3) is 5.91 Å². The first kappa shape index (κ1) is 15.9. The van der Waals surface area contributed by atoms with Gasteiger partial charge in [-0.3, -0.25) is 4.79 Å². The van der Waals surface area contributed by atoms with E-state index in [1.54, 1.807) is 24.3 Å². The van der Waals surface area contributed by atoms with E-state index in [9.17, 15) is 4.79 Å². The molecular formula is C18H22N2O2. The van der Waals surface area contributed by atoms with Gasteiger partial charge in [-0.25, -0.2) is 0 Å². The summed E-state index contributed by atoms with van der Waals surface area (Å²) < 4.78 is 5.70. The molecule has 0 aliphatic carbocycles. The number of nitrogen functional groups attached to an aromatic ring is 1. The van der Waals surface area contributed by atoms with Crippen LogP contribution in [0.1, 0.15) is 30.9 Å². The number of rotatable bonds is 5. The second kappa shape index (κ2) is 6.98. The molecule has 0 atom stereocenters. The number of carbonyl (C=O) groups excluding carboxylic acids is 1. The maximum absolute atomic E-state index is 12.0. The lowest BCUT2D eigenvalue weighted by atomic mass is 10.0. The van der Waals surface area contributed by atoms with E-state index in [1.807, 2.05) is 19.1 Å². The Hall–Kier alpha value is -2.49. The molecule has 2 aromatic carbocycles. The summed E-state index contributed by atoms with van der Waals surface area (Å²) in [6.45, 7) is 6.18. The second-order valence-corrected chi connectivity index (χ2v) is 5.66. The van der Waals surface area contributed by atoms with E-state index < -0.39 is 0 Å². The Morgan fingerprint density at radius 1 is 1.23 bits per heavy atom. The lowest BCUT2D eigenvalue weighted by Crippen LogP contribution is -2.20. The van der Waals surface area contributed by atoms with Crippen LogP contribution in [0.3, 0.4) is 0 Å². The molecule has 4 heteroatoms. The number of benzene rings is 2. The molecule has 4 nitrogen and oxygen atoms in total. The van der Waals surface area contributed by atoms with E-state index in [1.165, 1.54) is 0 Å². The number of nitrogens with one attached hydrogen (secondary N) is 1. The van der Waals surface area contributed by atoms with Gasteiger partial charge in [0.2, 0.25) is 0 Å². The summed E-state index contributed by atoms with van der Waals surface area (Å²) in [5, 5.41) is 2.77. The average Bonchev–Trinajstić information content (AvgIpc) is 2.45. The Bertz CT molecular complexity index is 666. The second-order valence-electron chi connectivity index (χ2n) is 5.66. The number of nitrogens with two attached hydrogens (primary N) is 1. The Kier molecular flexibility index (Phi) is 5.04. The molecular weight excluding hydrogens is 276 g/mol. The number of carbonyl (C=O) groups is 1. The molecule has 0 fully saturated rings. The molecule has 0 saturated heterocycles. The summed E-state index contributed by atoms with van der Waals surface area (Å²) in [5.41, 5.74) is 9.17.